The van der Waals surface area contributed by atoms with Crippen LogP contribution in [0.4, 0.5) is 14.5 Å². The van der Waals surface area contributed by atoms with Gasteiger partial charge >= 0.3 is 0 Å². The van der Waals surface area contributed by atoms with Crippen LogP contribution >= 0.6 is 12.2 Å². The van der Waals surface area contributed by atoms with Gasteiger partial charge in [-0.2, -0.15) is 0 Å². The van der Waals surface area contributed by atoms with Crippen molar-refractivity contribution < 1.29 is 13.5 Å². The average Bonchev–Trinajstić information content (AvgIpc) is 2.32. The normalized spacial score (nSPS) is 10.6. The summed E-state index contributed by atoms with van der Waals surface area (Å²) in [5.41, 5.74) is 0.150. The molecule has 0 aliphatic heterocycles. The third kappa shape index (κ3) is 6.45. The maximum atomic E-state index is 13.3. The minimum absolute atomic E-state index is 0.150. The molecule has 6 heteroatoms. The molecule has 2 N–H and O–H groups in total. The van der Waals surface area contributed by atoms with E-state index in [0.717, 1.165) is 12.5 Å². The fourth-order valence-corrected chi connectivity index (χ4v) is 1.56. The highest BCUT2D eigenvalue weighted by Gasteiger charge is 2.05. The second kappa shape index (κ2) is 8.01. The smallest absolute Gasteiger partial charge is 0.170 e. The lowest BCUT2D eigenvalue weighted by molar-refractivity contribution is 0.0777. The summed E-state index contributed by atoms with van der Waals surface area (Å²) < 4.78 is 31.4. The Hall–Kier alpha value is -1.27. The molecule has 0 saturated heterocycles. The lowest BCUT2D eigenvalue weighted by Gasteiger charge is -2.12. The molecule has 0 atom stereocenters. The lowest BCUT2D eigenvalue weighted by Crippen LogP contribution is -2.30. The summed E-state index contributed by atoms with van der Waals surface area (Å²) in [4.78, 5) is 0. The Bertz CT molecular complexity index is 427. The summed E-state index contributed by atoms with van der Waals surface area (Å²) >= 11 is 5.01. The molecule has 0 heterocycles. The average molecular weight is 288 g/mol. The van der Waals surface area contributed by atoms with E-state index in [9.17, 15) is 8.78 Å². The molecule has 3 nitrogen and oxygen atoms in total. The van der Waals surface area contributed by atoms with Crippen molar-refractivity contribution in [1.29, 1.82) is 0 Å². The molecule has 0 saturated carbocycles. The number of halogens is 2. The Morgan fingerprint density at radius 1 is 1.37 bits per heavy atom. The molecule has 1 aromatic carbocycles. The molecule has 0 aliphatic carbocycles. The van der Waals surface area contributed by atoms with E-state index in [2.05, 4.69) is 10.6 Å². The van der Waals surface area contributed by atoms with Crippen LogP contribution in [0.5, 0.6) is 0 Å². The number of hydrogen-bond acceptors (Lipinski definition) is 2. The lowest BCUT2D eigenvalue weighted by atomic mass is 10.3. The maximum Gasteiger partial charge on any atom is 0.170 e. The highest BCUT2D eigenvalue weighted by molar-refractivity contribution is 7.80. The Morgan fingerprint density at radius 2 is 2.11 bits per heavy atom. The number of anilines is 1. The monoisotopic (exact) mass is 288 g/mol. The number of benzene rings is 1. The third-order valence-electron chi connectivity index (χ3n) is 2.24. The van der Waals surface area contributed by atoms with Gasteiger partial charge < -0.3 is 15.4 Å². The van der Waals surface area contributed by atoms with E-state index in [1.165, 1.54) is 12.1 Å². The molecule has 0 fully saturated rings. The van der Waals surface area contributed by atoms with Crippen molar-refractivity contribution in [3.63, 3.8) is 0 Å². The van der Waals surface area contributed by atoms with Crippen LogP contribution in [0.2, 0.25) is 0 Å². The van der Waals surface area contributed by atoms with Crippen LogP contribution in [0, 0.1) is 11.6 Å². The van der Waals surface area contributed by atoms with E-state index in [0.29, 0.717) is 18.3 Å². The molecular formula is C13H18F2N2OS. The number of rotatable bonds is 6. The molecule has 1 rings (SSSR count). The zero-order chi connectivity index (χ0) is 14.3. The first-order chi connectivity index (χ1) is 8.99. The number of nitrogens with one attached hydrogen (secondary N) is 2. The van der Waals surface area contributed by atoms with Crippen LogP contribution in [0.25, 0.3) is 0 Å². The summed E-state index contributed by atoms with van der Waals surface area (Å²) in [7, 11) is 0. The number of ether oxygens (including phenoxy) is 1. The van der Waals surface area contributed by atoms with E-state index >= 15 is 0 Å². The van der Waals surface area contributed by atoms with Gasteiger partial charge in [-0.3, -0.25) is 0 Å². The van der Waals surface area contributed by atoms with Crippen molar-refractivity contribution in [1.82, 2.24) is 5.32 Å². The van der Waals surface area contributed by atoms with E-state index in [4.69, 9.17) is 17.0 Å². The third-order valence-corrected chi connectivity index (χ3v) is 2.48. The van der Waals surface area contributed by atoms with Crippen molar-refractivity contribution in [2.45, 2.75) is 26.4 Å². The molecule has 19 heavy (non-hydrogen) atoms. The van der Waals surface area contributed by atoms with Gasteiger partial charge in [-0.25, -0.2) is 8.78 Å². The highest BCUT2D eigenvalue weighted by atomic mass is 32.1. The van der Waals surface area contributed by atoms with E-state index in [-0.39, 0.29) is 11.8 Å². The van der Waals surface area contributed by atoms with Crippen molar-refractivity contribution in [2.24, 2.45) is 0 Å². The van der Waals surface area contributed by atoms with Crippen molar-refractivity contribution >= 4 is 23.0 Å². The molecule has 106 valence electrons. The van der Waals surface area contributed by atoms with E-state index in [1.807, 2.05) is 13.8 Å². The molecule has 0 unspecified atom stereocenters. The molecule has 0 bridgehead atoms. The van der Waals surface area contributed by atoms with E-state index in [1.54, 1.807) is 0 Å². The summed E-state index contributed by atoms with van der Waals surface area (Å²) in [5.74, 6) is -1.29. The van der Waals surface area contributed by atoms with Crippen molar-refractivity contribution in [3.8, 4) is 0 Å². The van der Waals surface area contributed by atoms with E-state index < -0.39 is 11.6 Å². The Morgan fingerprint density at radius 3 is 2.74 bits per heavy atom. The van der Waals surface area contributed by atoms with Gasteiger partial charge in [0.25, 0.3) is 0 Å². The zero-order valence-electron chi connectivity index (χ0n) is 11.0. The molecule has 0 radical (unpaired) electrons. The van der Waals surface area contributed by atoms with Crippen LogP contribution in [0.1, 0.15) is 20.3 Å². The SMILES string of the molecule is CC(C)OCCCNC(=S)Nc1ccc(F)cc1F. The fourth-order valence-electron chi connectivity index (χ4n) is 1.35. The van der Waals surface area contributed by atoms with Crippen LogP contribution in [0.3, 0.4) is 0 Å². The van der Waals surface area contributed by atoms with Crippen LogP contribution < -0.4 is 10.6 Å². The Balaban J connectivity index is 2.27. The molecule has 0 aromatic heterocycles. The van der Waals surface area contributed by atoms with Gasteiger partial charge in [0.1, 0.15) is 11.6 Å². The minimum Gasteiger partial charge on any atom is -0.379 e. The van der Waals surface area contributed by atoms with Crippen LogP contribution in [-0.4, -0.2) is 24.4 Å². The summed E-state index contributed by atoms with van der Waals surface area (Å²) in [5, 5.41) is 5.90. The zero-order valence-corrected chi connectivity index (χ0v) is 11.8. The molecular weight excluding hydrogens is 270 g/mol. The highest BCUT2D eigenvalue weighted by Crippen LogP contribution is 2.14. The second-order valence-corrected chi connectivity index (χ2v) is 4.69. The van der Waals surface area contributed by atoms with Gasteiger partial charge in [-0.15, -0.1) is 0 Å². The van der Waals surface area contributed by atoms with Gasteiger partial charge in [0.05, 0.1) is 11.8 Å². The first-order valence-corrected chi connectivity index (χ1v) is 6.51. The standard InChI is InChI=1S/C13H18F2N2OS/c1-9(2)18-7-3-6-16-13(19)17-12-5-4-10(14)8-11(12)15/h4-5,8-9H,3,6-7H2,1-2H3,(H2,16,17,19). The quantitative estimate of drug-likeness (QED) is 0.622. The molecule has 1 aromatic rings. The summed E-state index contributed by atoms with van der Waals surface area (Å²) in [6.45, 7) is 5.20. The van der Waals surface area contributed by atoms with Crippen LogP contribution in [0.15, 0.2) is 18.2 Å². The molecule has 0 aliphatic rings. The topological polar surface area (TPSA) is 33.3 Å². The Labute approximate surface area is 117 Å². The summed E-state index contributed by atoms with van der Waals surface area (Å²) in [6.07, 6.45) is 1.00. The fraction of sp³-hybridized carbons (Fsp3) is 0.462. The maximum absolute atomic E-state index is 13.3. The number of hydrogen-bond donors (Lipinski definition) is 2. The van der Waals surface area contributed by atoms with Gasteiger partial charge in [0, 0.05) is 19.2 Å². The predicted octanol–water partition coefficient (Wildman–Crippen LogP) is 3.07. The largest absolute Gasteiger partial charge is 0.379 e. The van der Waals surface area contributed by atoms with Gasteiger partial charge in [0.15, 0.2) is 5.11 Å². The molecule has 0 spiro atoms. The first kappa shape index (κ1) is 15.8. The predicted molar refractivity (Wildman–Crippen MR) is 76.3 cm³/mol. The van der Waals surface area contributed by atoms with Crippen LogP contribution in [-0.2, 0) is 4.74 Å². The first-order valence-electron chi connectivity index (χ1n) is 6.10. The van der Waals surface area contributed by atoms with Crippen molar-refractivity contribution in [2.75, 3.05) is 18.5 Å². The van der Waals surface area contributed by atoms with Gasteiger partial charge in [0.2, 0.25) is 0 Å². The Kier molecular flexibility index (Phi) is 6.66. The second-order valence-electron chi connectivity index (χ2n) is 4.28. The van der Waals surface area contributed by atoms with Gasteiger partial charge in [-0.05, 0) is 44.6 Å². The van der Waals surface area contributed by atoms with Crippen molar-refractivity contribution in [3.05, 3.63) is 29.8 Å². The molecule has 0 amide bonds. The minimum atomic E-state index is -0.674. The number of thiocarbonyl (C=S) groups is 1. The van der Waals surface area contributed by atoms with Gasteiger partial charge in [-0.1, -0.05) is 0 Å². The summed E-state index contributed by atoms with van der Waals surface area (Å²) in [6, 6.07) is 3.28.